The molecule has 0 aliphatic carbocycles. The predicted octanol–water partition coefficient (Wildman–Crippen LogP) is 6.40. The van der Waals surface area contributed by atoms with Crippen molar-refractivity contribution in [1.29, 1.82) is 0 Å². The van der Waals surface area contributed by atoms with Gasteiger partial charge in [-0.25, -0.2) is 14.1 Å². The van der Waals surface area contributed by atoms with Gasteiger partial charge in [0.25, 0.3) is 0 Å². The molecule has 0 saturated heterocycles. The van der Waals surface area contributed by atoms with Gasteiger partial charge in [0, 0.05) is 37.3 Å². The number of imidazole rings is 1. The first-order valence-electron chi connectivity index (χ1n) is 10.5. The molecule has 0 atom stereocenters. The van der Waals surface area contributed by atoms with Crippen LogP contribution < -0.4 is 4.74 Å². The highest BCUT2D eigenvalue weighted by atomic mass is 35.5. The summed E-state index contributed by atoms with van der Waals surface area (Å²) in [5, 5.41) is 0.953. The van der Waals surface area contributed by atoms with Crippen molar-refractivity contribution in [2.45, 2.75) is 56.2 Å². The van der Waals surface area contributed by atoms with Crippen LogP contribution >= 0.6 is 23.5 Å². The van der Waals surface area contributed by atoms with Gasteiger partial charge in [0.2, 0.25) is 0 Å². The zero-order chi connectivity index (χ0) is 21.2. The van der Waals surface area contributed by atoms with Crippen LogP contribution in [0.4, 0.5) is 0 Å². The van der Waals surface area contributed by atoms with E-state index in [-0.39, 0.29) is 0 Å². The molecule has 0 bridgehead atoms. The van der Waals surface area contributed by atoms with Crippen molar-refractivity contribution in [3.8, 4) is 5.75 Å². The van der Waals surface area contributed by atoms with E-state index in [0.717, 1.165) is 59.3 Å². The largest absolute Gasteiger partial charge is 0.493 e. The second kappa shape index (κ2) is 12.2. The fraction of sp³-hybridized carbons (Fsp3) is 0.478. The first-order chi connectivity index (χ1) is 14.7. The lowest BCUT2D eigenvalue weighted by Crippen LogP contribution is -2.01. The minimum absolute atomic E-state index is 0.651. The fourth-order valence-electron chi connectivity index (χ4n) is 3.31. The van der Waals surface area contributed by atoms with E-state index in [2.05, 4.69) is 16.9 Å². The minimum Gasteiger partial charge on any atom is -0.493 e. The Bertz CT molecular complexity index is 932. The fourth-order valence-corrected chi connectivity index (χ4v) is 4.53. The number of methoxy groups -OCH3 is 1. The summed E-state index contributed by atoms with van der Waals surface area (Å²) in [7, 11) is 1.76. The molecule has 3 rings (SSSR count). The van der Waals surface area contributed by atoms with Crippen LogP contribution in [-0.4, -0.2) is 34.4 Å². The quantitative estimate of drug-likeness (QED) is 0.224. The average Bonchev–Trinajstić information content (AvgIpc) is 3.08. The van der Waals surface area contributed by atoms with E-state index < -0.39 is 0 Å². The highest BCUT2D eigenvalue weighted by molar-refractivity contribution is 7.98. The van der Waals surface area contributed by atoms with Gasteiger partial charge in [-0.05, 0) is 38.0 Å². The summed E-state index contributed by atoms with van der Waals surface area (Å²) in [4.78, 5) is 9.15. The second-order valence-electron chi connectivity index (χ2n) is 7.29. The number of unbranched alkanes of at least 4 members (excludes halogenated alkanes) is 5. The molecule has 3 aromatic rings. The molecule has 0 saturated carbocycles. The van der Waals surface area contributed by atoms with Crippen molar-refractivity contribution in [2.24, 2.45) is 0 Å². The van der Waals surface area contributed by atoms with E-state index in [9.17, 15) is 0 Å². The third kappa shape index (κ3) is 6.37. The number of halogens is 1. The standard InChI is InChI=1S/C23H30ClN3O2S/c1-18-21(29-16-10-6-4-3-5-9-15-28-2)13-14-25-23(18)30-17-22-26-19-11-7-8-12-20(19)27(22)24/h7-8,11-14H,3-6,9-10,15-17H2,1-2H3. The van der Waals surface area contributed by atoms with Crippen LogP contribution in [0.5, 0.6) is 5.75 Å². The SMILES string of the molecule is COCCCCCCCCOc1ccnc(SCc2nc3ccccc3n2Cl)c1C. The lowest BCUT2D eigenvalue weighted by atomic mass is 10.1. The summed E-state index contributed by atoms with van der Waals surface area (Å²) in [6, 6.07) is 9.83. The lowest BCUT2D eigenvalue weighted by Gasteiger charge is -2.11. The number of hydrogen-bond donors (Lipinski definition) is 0. The molecular formula is C23H30ClN3O2S. The van der Waals surface area contributed by atoms with Gasteiger partial charge in [-0.1, -0.05) is 49.6 Å². The molecule has 0 radical (unpaired) electrons. The molecule has 1 aromatic carbocycles. The number of para-hydroxylation sites is 2. The maximum atomic E-state index is 6.43. The van der Waals surface area contributed by atoms with Gasteiger partial charge in [0.1, 0.15) is 16.6 Å². The Balaban J connectivity index is 1.46. The molecule has 2 heterocycles. The number of fused-ring (bicyclic) bond motifs is 1. The molecule has 0 N–H and O–H groups in total. The van der Waals surface area contributed by atoms with E-state index in [0.29, 0.717) is 5.75 Å². The average molecular weight is 448 g/mol. The molecule has 5 nitrogen and oxygen atoms in total. The highest BCUT2D eigenvalue weighted by Crippen LogP contribution is 2.30. The van der Waals surface area contributed by atoms with E-state index in [1.807, 2.05) is 36.5 Å². The van der Waals surface area contributed by atoms with E-state index in [1.54, 1.807) is 23.0 Å². The maximum absolute atomic E-state index is 6.43. The van der Waals surface area contributed by atoms with Gasteiger partial charge in [0.15, 0.2) is 0 Å². The van der Waals surface area contributed by atoms with Crippen LogP contribution in [-0.2, 0) is 10.5 Å². The van der Waals surface area contributed by atoms with Gasteiger partial charge >= 0.3 is 0 Å². The van der Waals surface area contributed by atoms with Crippen molar-refractivity contribution in [2.75, 3.05) is 20.3 Å². The van der Waals surface area contributed by atoms with Gasteiger partial charge in [-0.3, -0.25) is 0 Å². The van der Waals surface area contributed by atoms with E-state index >= 15 is 0 Å². The molecule has 2 aromatic heterocycles. The summed E-state index contributed by atoms with van der Waals surface area (Å²) < 4.78 is 12.7. The molecule has 162 valence electrons. The summed E-state index contributed by atoms with van der Waals surface area (Å²) in [6.07, 6.45) is 9.00. The number of pyridine rings is 1. The minimum atomic E-state index is 0.651. The molecule has 30 heavy (non-hydrogen) atoms. The number of thioether (sulfide) groups is 1. The van der Waals surface area contributed by atoms with Crippen LogP contribution in [0.15, 0.2) is 41.6 Å². The predicted molar refractivity (Wildman–Crippen MR) is 125 cm³/mol. The Labute approximate surface area is 188 Å². The number of benzene rings is 1. The Hall–Kier alpha value is -1.76. The second-order valence-corrected chi connectivity index (χ2v) is 8.59. The third-order valence-electron chi connectivity index (χ3n) is 5.02. The summed E-state index contributed by atoms with van der Waals surface area (Å²) >= 11 is 8.06. The van der Waals surface area contributed by atoms with Crippen molar-refractivity contribution in [3.63, 3.8) is 0 Å². The smallest absolute Gasteiger partial charge is 0.135 e. The zero-order valence-corrected chi connectivity index (χ0v) is 19.3. The van der Waals surface area contributed by atoms with Gasteiger partial charge in [-0.2, -0.15) is 0 Å². The van der Waals surface area contributed by atoms with E-state index in [4.69, 9.17) is 21.3 Å². The number of aromatic nitrogens is 3. The number of nitrogens with zero attached hydrogens (tertiary/aromatic N) is 3. The lowest BCUT2D eigenvalue weighted by molar-refractivity contribution is 0.191. The summed E-state index contributed by atoms with van der Waals surface area (Å²) in [6.45, 7) is 3.67. The molecule has 7 heteroatoms. The van der Waals surface area contributed by atoms with E-state index in [1.165, 1.54) is 25.7 Å². The highest BCUT2D eigenvalue weighted by Gasteiger charge is 2.12. The van der Waals surface area contributed by atoms with Gasteiger partial charge < -0.3 is 9.47 Å². The molecule has 0 amide bonds. The Morgan fingerprint density at radius 1 is 1.00 bits per heavy atom. The van der Waals surface area contributed by atoms with Gasteiger partial charge in [0.05, 0.1) is 23.4 Å². The Morgan fingerprint density at radius 2 is 1.73 bits per heavy atom. The molecule has 0 fully saturated rings. The third-order valence-corrected chi connectivity index (χ3v) is 6.48. The van der Waals surface area contributed by atoms with Crippen LogP contribution in [0, 0.1) is 6.92 Å². The summed E-state index contributed by atoms with van der Waals surface area (Å²) in [5.41, 5.74) is 2.90. The molecule has 0 spiro atoms. The molecule has 0 aliphatic rings. The first kappa shape index (κ1) is 22.9. The number of ether oxygens (including phenoxy) is 2. The van der Waals surface area contributed by atoms with Crippen molar-refractivity contribution < 1.29 is 9.47 Å². The summed E-state index contributed by atoms with van der Waals surface area (Å²) in [5.74, 6) is 2.38. The zero-order valence-electron chi connectivity index (χ0n) is 17.8. The van der Waals surface area contributed by atoms with Crippen molar-refractivity contribution >= 4 is 34.6 Å². The number of hydrogen-bond acceptors (Lipinski definition) is 5. The topological polar surface area (TPSA) is 49.2 Å². The van der Waals surface area contributed by atoms with Gasteiger partial charge in [-0.15, -0.1) is 0 Å². The molecule has 0 unspecified atom stereocenters. The Morgan fingerprint density at radius 3 is 2.50 bits per heavy atom. The molecule has 0 aliphatic heterocycles. The Kier molecular flexibility index (Phi) is 9.30. The van der Waals surface area contributed by atoms with Crippen LogP contribution in [0.2, 0.25) is 0 Å². The van der Waals surface area contributed by atoms with Crippen LogP contribution in [0.1, 0.15) is 49.9 Å². The first-order valence-corrected chi connectivity index (χ1v) is 11.9. The number of rotatable bonds is 13. The molecular weight excluding hydrogens is 418 g/mol. The maximum Gasteiger partial charge on any atom is 0.135 e. The monoisotopic (exact) mass is 447 g/mol. The van der Waals surface area contributed by atoms with Crippen molar-refractivity contribution in [1.82, 2.24) is 14.1 Å². The normalized spacial score (nSPS) is 11.3. The van der Waals surface area contributed by atoms with Crippen molar-refractivity contribution in [3.05, 3.63) is 47.9 Å². The van der Waals surface area contributed by atoms with Crippen LogP contribution in [0.3, 0.4) is 0 Å². The van der Waals surface area contributed by atoms with Crippen LogP contribution in [0.25, 0.3) is 11.0 Å².